The first-order valence-electron chi connectivity index (χ1n) is 8.81. The highest BCUT2D eigenvalue weighted by Crippen LogP contribution is 2.17. The van der Waals surface area contributed by atoms with Crippen LogP contribution in [0.3, 0.4) is 0 Å². The molecule has 3 aromatic rings. The highest BCUT2D eigenvalue weighted by molar-refractivity contribution is 5.88. The SMILES string of the molecule is CNC(=O)C(NC(=O)CCn1cnc2ccccc2c1=O)c1ccc(F)c(F)c1. The molecular weight excluding hydrogens is 382 g/mol. The van der Waals surface area contributed by atoms with Crippen LogP contribution < -0.4 is 16.2 Å². The number of likely N-dealkylation sites (N-methyl/N-ethyl adjacent to an activating group) is 1. The van der Waals surface area contributed by atoms with Crippen molar-refractivity contribution >= 4 is 22.7 Å². The van der Waals surface area contributed by atoms with E-state index in [0.717, 1.165) is 12.1 Å². The van der Waals surface area contributed by atoms with Crippen LogP contribution in [0.15, 0.2) is 53.6 Å². The summed E-state index contributed by atoms with van der Waals surface area (Å²) in [5.74, 6) is -3.31. The number of benzene rings is 2. The topological polar surface area (TPSA) is 93.1 Å². The molecule has 150 valence electrons. The minimum Gasteiger partial charge on any atom is -0.357 e. The molecule has 7 nitrogen and oxygen atoms in total. The largest absolute Gasteiger partial charge is 0.357 e. The van der Waals surface area contributed by atoms with Crippen molar-refractivity contribution in [3.63, 3.8) is 0 Å². The molecule has 29 heavy (non-hydrogen) atoms. The third-order valence-electron chi connectivity index (χ3n) is 4.40. The average molecular weight is 400 g/mol. The molecule has 0 fully saturated rings. The highest BCUT2D eigenvalue weighted by atomic mass is 19.2. The third-order valence-corrected chi connectivity index (χ3v) is 4.40. The molecule has 0 spiro atoms. The minimum absolute atomic E-state index is 0.0424. The third kappa shape index (κ3) is 4.45. The lowest BCUT2D eigenvalue weighted by molar-refractivity contribution is -0.129. The van der Waals surface area contributed by atoms with Crippen LogP contribution in [0.4, 0.5) is 8.78 Å². The van der Waals surface area contributed by atoms with Gasteiger partial charge in [0.25, 0.3) is 5.56 Å². The van der Waals surface area contributed by atoms with Gasteiger partial charge in [-0.2, -0.15) is 0 Å². The summed E-state index contributed by atoms with van der Waals surface area (Å²) < 4.78 is 28.0. The quantitative estimate of drug-likeness (QED) is 0.658. The van der Waals surface area contributed by atoms with Crippen LogP contribution >= 0.6 is 0 Å². The number of aryl methyl sites for hydroxylation is 1. The van der Waals surface area contributed by atoms with E-state index in [1.54, 1.807) is 24.3 Å². The van der Waals surface area contributed by atoms with E-state index in [1.165, 1.54) is 24.0 Å². The van der Waals surface area contributed by atoms with Crippen molar-refractivity contribution in [2.75, 3.05) is 7.05 Å². The molecule has 9 heteroatoms. The number of aromatic nitrogens is 2. The van der Waals surface area contributed by atoms with Gasteiger partial charge >= 0.3 is 0 Å². The molecule has 1 heterocycles. The molecule has 0 saturated carbocycles. The van der Waals surface area contributed by atoms with Crippen LogP contribution in [0.1, 0.15) is 18.0 Å². The summed E-state index contributed by atoms with van der Waals surface area (Å²) >= 11 is 0. The number of halogens is 2. The normalized spacial score (nSPS) is 11.8. The summed E-state index contributed by atoms with van der Waals surface area (Å²) in [5, 5.41) is 5.28. The van der Waals surface area contributed by atoms with Crippen molar-refractivity contribution in [2.45, 2.75) is 19.0 Å². The summed E-state index contributed by atoms with van der Waals surface area (Å²) in [5.41, 5.74) is 0.365. The van der Waals surface area contributed by atoms with Gasteiger partial charge in [0.2, 0.25) is 11.8 Å². The van der Waals surface area contributed by atoms with Crippen LogP contribution in [-0.4, -0.2) is 28.4 Å². The van der Waals surface area contributed by atoms with E-state index < -0.39 is 29.5 Å². The van der Waals surface area contributed by atoms with E-state index in [-0.39, 0.29) is 24.1 Å². The van der Waals surface area contributed by atoms with E-state index in [2.05, 4.69) is 15.6 Å². The van der Waals surface area contributed by atoms with Gasteiger partial charge in [-0.25, -0.2) is 13.8 Å². The predicted octanol–water partition coefficient (Wildman–Crippen LogP) is 1.67. The van der Waals surface area contributed by atoms with Gasteiger partial charge in [0.1, 0.15) is 6.04 Å². The molecule has 2 aromatic carbocycles. The summed E-state index contributed by atoms with van der Waals surface area (Å²) in [6, 6.07) is 8.60. The monoisotopic (exact) mass is 400 g/mol. The second-order valence-electron chi connectivity index (χ2n) is 6.30. The number of hydrogen-bond donors (Lipinski definition) is 2. The zero-order valence-electron chi connectivity index (χ0n) is 15.5. The van der Waals surface area contributed by atoms with Crippen molar-refractivity contribution in [1.82, 2.24) is 20.2 Å². The van der Waals surface area contributed by atoms with Gasteiger partial charge in [-0.1, -0.05) is 18.2 Å². The lowest BCUT2D eigenvalue weighted by Gasteiger charge is -2.18. The number of fused-ring (bicyclic) bond motifs is 1. The van der Waals surface area contributed by atoms with E-state index in [1.807, 2.05) is 0 Å². The van der Waals surface area contributed by atoms with E-state index in [0.29, 0.717) is 10.9 Å². The zero-order valence-corrected chi connectivity index (χ0v) is 15.5. The Labute approximate surface area is 164 Å². The van der Waals surface area contributed by atoms with Crippen LogP contribution in [-0.2, 0) is 16.1 Å². The fraction of sp³-hybridized carbons (Fsp3) is 0.200. The first kappa shape index (κ1) is 20.1. The maximum Gasteiger partial charge on any atom is 0.261 e. The van der Waals surface area contributed by atoms with Gasteiger partial charge in [-0.05, 0) is 29.8 Å². The maximum absolute atomic E-state index is 13.5. The van der Waals surface area contributed by atoms with Crippen molar-refractivity contribution in [3.8, 4) is 0 Å². The molecule has 0 aliphatic heterocycles. The Morgan fingerprint density at radius 3 is 2.62 bits per heavy atom. The molecule has 2 N–H and O–H groups in total. The maximum atomic E-state index is 13.5. The van der Waals surface area contributed by atoms with Crippen molar-refractivity contribution in [3.05, 3.63) is 76.3 Å². The predicted molar refractivity (Wildman–Crippen MR) is 102 cm³/mol. The number of carbonyl (C=O) groups is 2. The number of hydrogen-bond acceptors (Lipinski definition) is 4. The number of amides is 2. The van der Waals surface area contributed by atoms with Crippen LogP contribution in [0.5, 0.6) is 0 Å². The number of para-hydroxylation sites is 1. The molecule has 0 radical (unpaired) electrons. The molecule has 1 unspecified atom stereocenters. The van der Waals surface area contributed by atoms with Crippen LogP contribution in [0.25, 0.3) is 10.9 Å². The van der Waals surface area contributed by atoms with Crippen molar-refractivity contribution in [2.24, 2.45) is 0 Å². The Balaban J connectivity index is 1.74. The average Bonchev–Trinajstić information content (AvgIpc) is 2.73. The fourth-order valence-corrected chi connectivity index (χ4v) is 2.86. The molecular formula is C20H18F2N4O3. The molecule has 1 aromatic heterocycles. The van der Waals surface area contributed by atoms with Gasteiger partial charge in [0.05, 0.1) is 17.2 Å². The second-order valence-corrected chi connectivity index (χ2v) is 6.30. The summed E-state index contributed by atoms with van der Waals surface area (Å²) in [4.78, 5) is 41.1. The summed E-state index contributed by atoms with van der Waals surface area (Å²) in [6.07, 6.45) is 1.24. The summed E-state index contributed by atoms with van der Waals surface area (Å²) in [6.45, 7) is 0.0424. The second kappa shape index (κ2) is 8.59. The highest BCUT2D eigenvalue weighted by Gasteiger charge is 2.23. The number of nitrogens with one attached hydrogen (secondary N) is 2. The van der Waals surface area contributed by atoms with Gasteiger partial charge in [0, 0.05) is 20.0 Å². The molecule has 0 aliphatic carbocycles. The first-order chi connectivity index (χ1) is 13.9. The summed E-state index contributed by atoms with van der Waals surface area (Å²) in [7, 11) is 1.36. The molecule has 0 bridgehead atoms. The Morgan fingerprint density at radius 1 is 1.14 bits per heavy atom. The van der Waals surface area contributed by atoms with Crippen LogP contribution in [0.2, 0.25) is 0 Å². The van der Waals surface area contributed by atoms with Gasteiger partial charge in [0.15, 0.2) is 11.6 Å². The van der Waals surface area contributed by atoms with E-state index in [9.17, 15) is 23.2 Å². The molecule has 0 aliphatic rings. The van der Waals surface area contributed by atoms with Gasteiger partial charge < -0.3 is 10.6 Å². The smallest absolute Gasteiger partial charge is 0.261 e. The fourth-order valence-electron chi connectivity index (χ4n) is 2.86. The molecule has 0 saturated heterocycles. The number of carbonyl (C=O) groups excluding carboxylic acids is 2. The van der Waals surface area contributed by atoms with Gasteiger partial charge in [-0.15, -0.1) is 0 Å². The minimum atomic E-state index is -1.20. The van der Waals surface area contributed by atoms with Crippen molar-refractivity contribution < 1.29 is 18.4 Å². The Morgan fingerprint density at radius 2 is 1.90 bits per heavy atom. The molecule has 1 atom stereocenters. The molecule has 2 amide bonds. The molecule has 3 rings (SSSR count). The number of nitrogens with zero attached hydrogens (tertiary/aromatic N) is 2. The lowest BCUT2D eigenvalue weighted by atomic mass is 10.1. The van der Waals surface area contributed by atoms with E-state index >= 15 is 0 Å². The Kier molecular flexibility index (Phi) is 5.96. The standard InChI is InChI=1S/C20H18F2N4O3/c1-23-19(28)18(12-6-7-14(21)15(22)10-12)25-17(27)8-9-26-11-24-16-5-3-2-4-13(16)20(26)29/h2-7,10-11,18H,8-9H2,1H3,(H,23,28)(H,25,27). The van der Waals surface area contributed by atoms with E-state index in [4.69, 9.17) is 0 Å². The van der Waals surface area contributed by atoms with Gasteiger partial charge in [-0.3, -0.25) is 19.0 Å². The van der Waals surface area contributed by atoms with Crippen molar-refractivity contribution in [1.29, 1.82) is 0 Å². The number of rotatable bonds is 6. The zero-order chi connectivity index (χ0) is 21.0. The van der Waals surface area contributed by atoms with Crippen LogP contribution in [0, 0.1) is 11.6 Å². The Hall–Kier alpha value is -3.62. The first-order valence-corrected chi connectivity index (χ1v) is 8.81. The lowest BCUT2D eigenvalue weighted by Crippen LogP contribution is -2.39. The Bertz CT molecular complexity index is 1130.